The van der Waals surface area contributed by atoms with Crippen LogP contribution in [0.3, 0.4) is 0 Å². The number of halogens is 1. The van der Waals surface area contributed by atoms with E-state index >= 15 is 0 Å². The van der Waals surface area contributed by atoms with Gasteiger partial charge in [0.05, 0.1) is 18.5 Å². The molecule has 0 amide bonds. The van der Waals surface area contributed by atoms with Crippen LogP contribution < -0.4 is 5.32 Å². The number of carboxylic acid groups (broad SMARTS) is 1. The Hall–Kier alpha value is -2.30. The van der Waals surface area contributed by atoms with E-state index in [-0.39, 0.29) is 17.9 Å². The molecule has 2 aromatic rings. The maximum atomic E-state index is 13.3. The smallest absolute Gasteiger partial charge is 0.339 e. The van der Waals surface area contributed by atoms with Crippen LogP contribution in [0.4, 0.5) is 10.1 Å². The first kappa shape index (κ1) is 11.2. The quantitative estimate of drug-likeness (QED) is 0.855. The minimum absolute atomic E-state index is 0.0776. The van der Waals surface area contributed by atoms with Crippen molar-refractivity contribution >= 4 is 11.7 Å². The van der Waals surface area contributed by atoms with Crippen LogP contribution >= 0.6 is 0 Å². The summed E-state index contributed by atoms with van der Waals surface area (Å²) in [5, 5.41) is 11.6. The molecule has 88 valence electrons. The maximum Gasteiger partial charge on any atom is 0.339 e. The summed E-state index contributed by atoms with van der Waals surface area (Å²) in [6.45, 7) is 0.121. The molecule has 4 nitrogen and oxygen atoms in total. The van der Waals surface area contributed by atoms with Gasteiger partial charge in [0.25, 0.3) is 0 Å². The molecule has 0 atom stereocenters. The third-order valence-electron chi connectivity index (χ3n) is 2.29. The third-order valence-corrected chi connectivity index (χ3v) is 2.29. The molecule has 0 aliphatic rings. The van der Waals surface area contributed by atoms with Crippen molar-refractivity contribution in [1.29, 1.82) is 0 Å². The van der Waals surface area contributed by atoms with Crippen LogP contribution in [0.2, 0.25) is 0 Å². The van der Waals surface area contributed by atoms with Crippen molar-refractivity contribution in [2.75, 3.05) is 5.32 Å². The van der Waals surface area contributed by atoms with E-state index in [0.717, 1.165) is 0 Å². The molecule has 0 radical (unpaired) electrons. The second-order valence-corrected chi connectivity index (χ2v) is 3.40. The number of rotatable bonds is 4. The zero-order valence-electron chi connectivity index (χ0n) is 8.81. The molecule has 0 aliphatic heterocycles. The van der Waals surface area contributed by atoms with Gasteiger partial charge in [-0.15, -0.1) is 0 Å². The van der Waals surface area contributed by atoms with Crippen molar-refractivity contribution < 1.29 is 18.7 Å². The highest BCUT2D eigenvalue weighted by Crippen LogP contribution is 2.16. The Morgan fingerprint density at radius 2 is 2.12 bits per heavy atom. The zero-order valence-corrected chi connectivity index (χ0v) is 8.81. The van der Waals surface area contributed by atoms with E-state index in [2.05, 4.69) is 5.32 Å². The lowest BCUT2D eigenvalue weighted by molar-refractivity contribution is 0.0694. The first-order valence-electron chi connectivity index (χ1n) is 4.96. The topological polar surface area (TPSA) is 62.5 Å². The Morgan fingerprint density at radius 3 is 2.82 bits per heavy atom. The van der Waals surface area contributed by atoms with E-state index < -0.39 is 11.8 Å². The van der Waals surface area contributed by atoms with Crippen LogP contribution in [-0.4, -0.2) is 11.1 Å². The van der Waals surface area contributed by atoms with Gasteiger partial charge in [0, 0.05) is 0 Å². The number of benzene rings is 1. The number of hydrogen-bond donors (Lipinski definition) is 2. The summed E-state index contributed by atoms with van der Waals surface area (Å²) in [7, 11) is 0. The highest BCUT2D eigenvalue weighted by atomic mass is 19.1. The molecule has 0 unspecified atom stereocenters. The third kappa shape index (κ3) is 2.44. The van der Waals surface area contributed by atoms with Crippen molar-refractivity contribution in [2.45, 2.75) is 6.54 Å². The number of hydrogen-bond acceptors (Lipinski definition) is 3. The molecule has 1 heterocycles. The summed E-state index contributed by atoms with van der Waals surface area (Å²) < 4.78 is 18.3. The molecule has 17 heavy (non-hydrogen) atoms. The second kappa shape index (κ2) is 4.69. The number of aromatic carboxylic acids is 1. The van der Waals surface area contributed by atoms with Crippen molar-refractivity contribution in [3.05, 3.63) is 53.7 Å². The molecule has 2 N–H and O–H groups in total. The lowest BCUT2D eigenvalue weighted by Gasteiger charge is -2.05. The van der Waals surface area contributed by atoms with Gasteiger partial charge in [-0.3, -0.25) is 0 Å². The molecule has 0 bridgehead atoms. The predicted octanol–water partition coefficient (Wildman–Crippen LogP) is 2.73. The van der Waals surface area contributed by atoms with Crippen molar-refractivity contribution in [3.63, 3.8) is 0 Å². The number of nitrogens with one attached hydrogen (secondary N) is 1. The summed E-state index contributed by atoms with van der Waals surface area (Å²) in [5.41, 5.74) is 0.383. The van der Waals surface area contributed by atoms with E-state index in [1.54, 1.807) is 18.2 Å². The number of carbonyl (C=O) groups is 1. The van der Waals surface area contributed by atoms with Crippen molar-refractivity contribution in [3.8, 4) is 0 Å². The molecular weight excluding hydrogens is 225 g/mol. The van der Waals surface area contributed by atoms with Crippen LogP contribution in [0.5, 0.6) is 0 Å². The molecule has 1 aromatic heterocycles. The van der Waals surface area contributed by atoms with Crippen molar-refractivity contribution in [1.82, 2.24) is 0 Å². The van der Waals surface area contributed by atoms with Crippen LogP contribution in [0.25, 0.3) is 0 Å². The fraction of sp³-hybridized carbons (Fsp3) is 0.0833. The first-order valence-corrected chi connectivity index (χ1v) is 4.96. The minimum Gasteiger partial charge on any atom is -0.478 e. The van der Waals surface area contributed by atoms with Gasteiger partial charge in [0.2, 0.25) is 0 Å². The maximum absolute atomic E-state index is 13.3. The van der Waals surface area contributed by atoms with E-state index in [9.17, 15) is 9.18 Å². The van der Waals surface area contributed by atoms with Gasteiger partial charge in [-0.25, -0.2) is 9.18 Å². The lowest BCUT2D eigenvalue weighted by Crippen LogP contribution is -2.05. The average Bonchev–Trinajstić information content (AvgIpc) is 2.76. The van der Waals surface area contributed by atoms with Gasteiger partial charge >= 0.3 is 5.97 Å². The van der Waals surface area contributed by atoms with Crippen LogP contribution in [-0.2, 0) is 6.54 Å². The molecule has 0 aliphatic carbocycles. The van der Waals surface area contributed by atoms with Gasteiger partial charge in [-0.05, 0) is 18.2 Å². The normalized spacial score (nSPS) is 10.2. The monoisotopic (exact) mass is 235 g/mol. The molecule has 0 fully saturated rings. The number of anilines is 1. The van der Waals surface area contributed by atoms with Gasteiger partial charge in [-0.1, -0.05) is 12.1 Å². The summed E-state index contributed by atoms with van der Waals surface area (Å²) in [6.07, 6.45) is 1.29. The summed E-state index contributed by atoms with van der Waals surface area (Å²) in [4.78, 5) is 10.8. The largest absolute Gasteiger partial charge is 0.478 e. The van der Waals surface area contributed by atoms with Crippen molar-refractivity contribution in [2.24, 2.45) is 0 Å². The standard InChI is InChI=1S/C12H10FNO3/c13-9-3-1-2-4-10(9)14-7-11-8(12(15)16)5-6-17-11/h1-6,14H,7H2,(H,15,16). The average molecular weight is 235 g/mol. The summed E-state index contributed by atoms with van der Waals surface area (Å²) in [5.74, 6) is -1.19. The second-order valence-electron chi connectivity index (χ2n) is 3.40. The molecule has 0 saturated heterocycles. The molecule has 1 aromatic carbocycles. The van der Waals surface area contributed by atoms with E-state index in [1.807, 2.05) is 0 Å². The Kier molecular flexibility index (Phi) is 3.09. The first-order chi connectivity index (χ1) is 8.18. The van der Waals surface area contributed by atoms with E-state index in [4.69, 9.17) is 9.52 Å². The van der Waals surface area contributed by atoms with Crippen LogP contribution in [0.1, 0.15) is 16.1 Å². The van der Waals surface area contributed by atoms with Gasteiger partial charge in [0.1, 0.15) is 17.1 Å². The fourth-order valence-corrected chi connectivity index (χ4v) is 1.45. The summed E-state index contributed by atoms with van der Waals surface area (Å²) in [6, 6.07) is 7.52. The summed E-state index contributed by atoms with van der Waals surface area (Å²) >= 11 is 0. The van der Waals surface area contributed by atoms with E-state index in [1.165, 1.54) is 18.4 Å². The number of furan rings is 1. The van der Waals surface area contributed by atoms with Crippen LogP contribution in [0.15, 0.2) is 41.0 Å². The van der Waals surface area contributed by atoms with Gasteiger partial charge in [-0.2, -0.15) is 0 Å². The Labute approximate surface area is 96.7 Å². The number of para-hydroxylation sites is 1. The van der Waals surface area contributed by atoms with Gasteiger partial charge < -0.3 is 14.8 Å². The minimum atomic E-state index is -1.07. The predicted molar refractivity (Wildman–Crippen MR) is 59.4 cm³/mol. The lowest BCUT2D eigenvalue weighted by atomic mass is 10.2. The Morgan fingerprint density at radius 1 is 1.35 bits per heavy atom. The molecule has 2 rings (SSSR count). The van der Waals surface area contributed by atoms with E-state index in [0.29, 0.717) is 5.69 Å². The van der Waals surface area contributed by atoms with Crippen LogP contribution in [0, 0.1) is 5.82 Å². The van der Waals surface area contributed by atoms with Gasteiger partial charge in [0.15, 0.2) is 0 Å². The molecule has 0 spiro atoms. The SMILES string of the molecule is O=C(O)c1ccoc1CNc1ccccc1F. The zero-order chi connectivity index (χ0) is 12.3. The fourth-order valence-electron chi connectivity index (χ4n) is 1.45. The Balaban J connectivity index is 2.10. The Bertz CT molecular complexity index is 536. The molecular formula is C12H10FNO3. The molecule has 5 heteroatoms. The highest BCUT2D eigenvalue weighted by molar-refractivity contribution is 5.88. The molecule has 0 saturated carbocycles. The highest BCUT2D eigenvalue weighted by Gasteiger charge is 2.13. The number of carboxylic acids is 1.